The first kappa shape index (κ1) is 15.3. The van der Waals surface area contributed by atoms with Crippen molar-refractivity contribution in [3.63, 3.8) is 0 Å². The number of halogens is 2. The maximum atomic E-state index is 13.6. The third-order valence-electron chi connectivity index (χ3n) is 3.39. The number of amides is 2. The first-order chi connectivity index (χ1) is 9.60. The molecule has 1 aromatic carbocycles. The van der Waals surface area contributed by atoms with Gasteiger partial charge in [-0.1, -0.05) is 22.9 Å². The SMILES string of the molecule is CCCN(CC1CC1)C(=O)NCc1cc(Br)ccc1F. The molecule has 0 heterocycles. The summed E-state index contributed by atoms with van der Waals surface area (Å²) in [4.78, 5) is 14.0. The molecular weight excluding hydrogens is 323 g/mol. The van der Waals surface area contributed by atoms with Crippen LogP contribution in [0.5, 0.6) is 0 Å². The van der Waals surface area contributed by atoms with Gasteiger partial charge in [0.1, 0.15) is 5.82 Å². The van der Waals surface area contributed by atoms with Gasteiger partial charge in [-0.25, -0.2) is 9.18 Å². The normalized spacial score (nSPS) is 14.2. The van der Waals surface area contributed by atoms with E-state index in [1.165, 1.54) is 18.9 Å². The van der Waals surface area contributed by atoms with Gasteiger partial charge >= 0.3 is 6.03 Å². The van der Waals surface area contributed by atoms with Crippen molar-refractivity contribution in [2.24, 2.45) is 5.92 Å². The second-order valence-electron chi connectivity index (χ2n) is 5.28. The molecule has 0 aromatic heterocycles. The highest BCUT2D eigenvalue weighted by molar-refractivity contribution is 9.10. The lowest BCUT2D eigenvalue weighted by Crippen LogP contribution is -2.41. The third kappa shape index (κ3) is 4.47. The zero-order valence-electron chi connectivity index (χ0n) is 11.7. The molecule has 0 aliphatic heterocycles. The van der Waals surface area contributed by atoms with Crippen molar-refractivity contribution in [3.8, 4) is 0 Å². The molecule has 0 spiro atoms. The van der Waals surface area contributed by atoms with Gasteiger partial charge in [0.15, 0.2) is 0 Å². The predicted molar refractivity (Wildman–Crippen MR) is 80.9 cm³/mol. The summed E-state index contributed by atoms with van der Waals surface area (Å²) in [7, 11) is 0. The minimum atomic E-state index is -0.294. The van der Waals surface area contributed by atoms with E-state index in [2.05, 4.69) is 28.2 Å². The summed E-state index contributed by atoms with van der Waals surface area (Å²) in [5.74, 6) is 0.368. The van der Waals surface area contributed by atoms with Crippen LogP contribution in [-0.4, -0.2) is 24.0 Å². The zero-order valence-corrected chi connectivity index (χ0v) is 13.2. The fourth-order valence-electron chi connectivity index (χ4n) is 2.12. The van der Waals surface area contributed by atoms with Gasteiger partial charge in [-0.2, -0.15) is 0 Å². The van der Waals surface area contributed by atoms with E-state index in [9.17, 15) is 9.18 Å². The predicted octanol–water partition coefficient (Wildman–Crippen LogP) is 3.92. The van der Waals surface area contributed by atoms with Crippen LogP contribution in [0, 0.1) is 11.7 Å². The number of nitrogens with one attached hydrogen (secondary N) is 1. The highest BCUT2D eigenvalue weighted by Gasteiger charge is 2.26. The van der Waals surface area contributed by atoms with E-state index in [0.29, 0.717) is 11.5 Å². The van der Waals surface area contributed by atoms with Gasteiger partial charge in [0.05, 0.1) is 0 Å². The molecule has 0 atom stereocenters. The molecule has 2 amide bonds. The number of carbonyl (C=O) groups excluding carboxylic acids is 1. The second kappa shape index (κ2) is 7.07. The van der Waals surface area contributed by atoms with Crippen LogP contribution in [0.2, 0.25) is 0 Å². The number of nitrogens with zero attached hydrogens (tertiary/aromatic N) is 1. The van der Waals surface area contributed by atoms with E-state index in [0.717, 1.165) is 24.0 Å². The van der Waals surface area contributed by atoms with Crippen LogP contribution in [0.25, 0.3) is 0 Å². The molecule has 20 heavy (non-hydrogen) atoms. The minimum Gasteiger partial charge on any atom is -0.334 e. The smallest absolute Gasteiger partial charge is 0.317 e. The second-order valence-corrected chi connectivity index (χ2v) is 6.20. The van der Waals surface area contributed by atoms with Gasteiger partial charge in [0, 0.05) is 29.7 Å². The van der Waals surface area contributed by atoms with E-state index in [4.69, 9.17) is 0 Å². The molecule has 5 heteroatoms. The first-order valence-corrected chi connectivity index (χ1v) is 7.86. The average molecular weight is 343 g/mol. The summed E-state index contributed by atoms with van der Waals surface area (Å²) in [6.07, 6.45) is 3.37. The van der Waals surface area contributed by atoms with E-state index >= 15 is 0 Å². The van der Waals surface area contributed by atoms with Crippen LogP contribution < -0.4 is 5.32 Å². The number of carbonyl (C=O) groups is 1. The monoisotopic (exact) mass is 342 g/mol. The van der Waals surface area contributed by atoms with Crippen LogP contribution >= 0.6 is 15.9 Å². The Bertz CT molecular complexity index is 477. The third-order valence-corrected chi connectivity index (χ3v) is 3.89. The Hall–Kier alpha value is -1.10. The van der Waals surface area contributed by atoms with Crippen molar-refractivity contribution in [1.29, 1.82) is 0 Å². The molecule has 2 rings (SSSR count). The van der Waals surface area contributed by atoms with Crippen LogP contribution in [-0.2, 0) is 6.54 Å². The van der Waals surface area contributed by atoms with Crippen molar-refractivity contribution >= 4 is 22.0 Å². The Morgan fingerprint density at radius 3 is 2.90 bits per heavy atom. The summed E-state index contributed by atoms with van der Waals surface area (Å²) in [6.45, 7) is 3.85. The number of benzene rings is 1. The quantitative estimate of drug-likeness (QED) is 0.834. The fraction of sp³-hybridized carbons (Fsp3) is 0.533. The Labute approximate surface area is 127 Å². The summed E-state index contributed by atoms with van der Waals surface area (Å²) in [5, 5.41) is 2.81. The Kier molecular flexibility index (Phi) is 5.40. The molecule has 3 nitrogen and oxygen atoms in total. The molecule has 0 radical (unpaired) electrons. The van der Waals surface area contributed by atoms with Crippen molar-refractivity contribution < 1.29 is 9.18 Å². The molecule has 1 aliphatic carbocycles. The highest BCUT2D eigenvalue weighted by Crippen LogP contribution is 2.29. The first-order valence-electron chi connectivity index (χ1n) is 7.07. The van der Waals surface area contributed by atoms with Crippen molar-refractivity contribution in [2.75, 3.05) is 13.1 Å². The maximum absolute atomic E-state index is 13.6. The molecule has 0 unspecified atom stereocenters. The summed E-state index contributed by atoms with van der Waals surface area (Å²) >= 11 is 3.31. The molecule has 1 saturated carbocycles. The van der Waals surface area contributed by atoms with Crippen molar-refractivity contribution in [1.82, 2.24) is 10.2 Å². The average Bonchev–Trinajstić information content (AvgIpc) is 3.23. The molecule has 1 fully saturated rings. The van der Waals surface area contributed by atoms with Gasteiger partial charge in [-0.15, -0.1) is 0 Å². The Balaban J connectivity index is 1.90. The molecule has 0 bridgehead atoms. The van der Waals surface area contributed by atoms with Gasteiger partial charge < -0.3 is 10.2 Å². The fourth-order valence-corrected chi connectivity index (χ4v) is 2.53. The zero-order chi connectivity index (χ0) is 14.5. The number of urea groups is 1. The lowest BCUT2D eigenvalue weighted by Gasteiger charge is -2.22. The van der Waals surface area contributed by atoms with E-state index < -0.39 is 0 Å². The van der Waals surface area contributed by atoms with Gasteiger partial charge in [-0.3, -0.25) is 0 Å². The van der Waals surface area contributed by atoms with E-state index in [-0.39, 0.29) is 18.4 Å². The van der Waals surface area contributed by atoms with Crippen LogP contribution in [0.1, 0.15) is 31.7 Å². The molecule has 1 N–H and O–H groups in total. The van der Waals surface area contributed by atoms with Crippen molar-refractivity contribution in [2.45, 2.75) is 32.7 Å². The van der Waals surface area contributed by atoms with Crippen LogP contribution in [0.3, 0.4) is 0 Å². The summed E-state index contributed by atoms with van der Waals surface area (Å²) in [6, 6.07) is 4.65. The van der Waals surface area contributed by atoms with Crippen LogP contribution in [0.4, 0.5) is 9.18 Å². The Morgan fingerprint density at radius 1 is 1.50 bits per heavy atom. The minimum absolute atomic E-state index is 0.0990. The molecule has 0 saturated heterocycles. The topological polar surface area (TPSA) is 32.3 Å². The van der Waals surface area contributed by atoms with Crippen LogP contribution in [0.15, 0.2) is 22.7 Å². The number of hydrogen-bond donors (Lipinski definition) is 1. The van der Waals surface area contributed by atoms with Gasteiger partial charge in [0.2, 0.25) is 0 Å². The van der Waals surface area contributed by atoms with Gasteiger partial charge in [0.25, 0.3) is 0 Å². The molecule has 1 aromatic rings. The highest BCUT2D eigenvalue weighted by atomic mass is 79.9. The number of rotatable bonds is 6. The summed E-state index contributed by atoms with van der Waals surface area (Å²) in [5.41, 5.74) is 0.496. The molecule has 1 aliphatic rings. The summed E-state index contributed by atoms with van der Waals surface area (Å²) < 4.78 is 14.4. The maximum Gasteiger partial charge on any atom is 0.317 e. The van der Waals surface area contributed by atoms with E-state index in [1.807, 2.05) is 4.90 Å². The van der Waals surface area contributed by atoms with Crippen molar-refractivity contribution in [3.05, 3.63) is 34.1 Å². The lowest BCUT2D eigenvalue weighted by molar-refractivity contribution is 0.194. The lowest BCUT2D eigenvalue weighted by atomic mass is 10.2. The largest absolute Gasteiger partial charge is 0.334 e. The molecule has 110 valence electrons. The number of hydrogen-bond acceptors (Lipinski definition) is 1. The Morgan fingerprint density at radius 2 is 2.25 bits per heavy atom. The standard InChI is InChI=1S/C15H20BrFN2O/c1-2-7-19(10-11-3-4-11)15(20)18-9-12-8-13(16)5-6-14(12)17/h5-6,8,11H,2-4,7,9-10H2,1H3,(H,18,20). The van der Waals surface area contributed by atoms with Gasteiger partial charge in [-0.05, 0) is 43.4 Å². The molecular formula is C15H20BrFN2O. The van der Waals surface area contributed by atoms with E-state index in [1.54, 1.807) is 12.1 Å².